The molecule has 0 spiro atoms. The third-order valence-corrected chi connectivity index (χ3v) is 4.71. The Labute approximate surface area is 152 Å². The van der Waals surface area contributed by atoms with Crippen LogP contribution < -0.4 is 10.6 Å². The number of benzene rings is 1. The summed E-state index contributed by atoms with van der Waals surface area (Å²) in [6, 6.07) is 6.10. The number of nitrogens with zero attached hydrogens (tertiary/aromatic N) is 1. The number of nitrogens with one attached hydrogen (secondary N) is 2. The number of hydrogen-bond donors (Lipinski definition) is 2. The van der Waals surface area contributed by atoms with E-state index in [2.05, 4.69) is 15.6 Å². The standard InChI is InChI=1S/C16H14ClN3O4S/c17-10-3-1-9(2-4-10)15-18-11(8-25-15)7-24-13(21)6-5-12-14(22)20-16(23)19-12/h1-4,8,12H,5-7H2,(H2,19,20,22,23)/t12-/m1/s1. The molecule has 2 N–H and O–H groups in total. The molecule has 0 bridgehead atoms. The van der Waals surface area contributed by atoms with E-state index in [4.69, 9.17) is 16.3 Å². The van der Waals surface area contributed by atoms with Gasteiger partial charge in [-0.25, -0.2) is 9.78 Å². The predicted molar refractivity (Wildman–Crippen MR) is 92.1 cm³/mol. The number of rotatable bonds is 6. The minimum absolute atomic E-state index is 0.0343. The van der Waals surface area contributed by atoms with Crippen LogP contribution in [-0.4, -0.2) is 28.9 Å². The highest BCUT2D eigenvalue weighted by molar-refractivity contribution is 7.13. The number of carbonyl (C=O) groups excluding carboxylic acids is 3. The first-order valence-electron chi connectivity index (χ1n) is 7.48. The molecule has 1 aliphatic rings. The van der Waals surface area contributed by atoms with Crippen molar-refractivity contribution >= 4 is 40.8 Å². The Hall–Kier alpha value is -2.45. The van der Waals surface area contributed by atoms with Gasteiger partial charge in [-0.05, 0) is 18.6 Å². The first kappa shape index (κ1) is 17.4. The van der Waals surface area contributed by atoms with Crippen LogP contribution in [0.4, 0.5) is 4.79 Å². The van der Waals surface area contributed by atoms with Crippen LogP contribution in [0.3, 0.4) is 0 Å². The van der Waals surface area contributed by atoms with Crippen LogP contribution in [0, 0.1) is 0 Å². The number of imide groups is 1. The van der Waals surface area contributed by atoms with Gasteiger partial charge in [-0.2, -0.15) is 0 Å². The third kappa shape index (κ3) is 4.55. The molecule has 1 aromatic heterocycles. The number of thiazole rings is 1. The summed E-state index contributed by atoms with van der Waals surface area (Å²) in [6.45, 7) is 0.0617. The molecule has 3 rings (SSSR count). The lowest BCUT2D eigenvalue weighted by molar-refractivity contribution is -0.145. The number of hydrogen-bond acceptors (Lipinski definition) is 6. The highest BCUT2D eigenvalue weighted by atomic mass is 35.5. The van der Waals surface area contributed by atoms with E-state index in [-0.39, 0.29) is 19.4 Å². The lowest BCUT2D eigenvalue weighted by atomic mass is 10.1. The molecule has 2 heterocycles. The average Bonchev–Trinajstić information content (AvgIpc) is 3.18. The number of halogens is 1. The van der Waals surface area contributed by atoms with Gasteiger partial charge in [0.1, 0.15) is 17.7 Å². The lowest BCUT2D eigenvalue weighted by Crippen LogP contribution is -2.29. The van der Waals surface area contributed by atoms with Crippen molar-refractivity contribution in [1.29, 1.82) is 0 Å². The molecule has 1 saturated heterocycles. The second kappa shape index (κ2) is 7.62. The summed E-state index contributed by atoms with van der Waals surface area (Å²) >= 11 is 7.31. The van der Waals surface area contributed by atoms with Crippen LogP contribution in [0.1, 0.15) is 18.5 Å². The van der Waals surface area contributed by atoms with Gasteiger partial charge in [0, 0.05) is 22.4 Å². The van der Waals surface area contributed by atoms with E-state index >= 15 is 0 Å². The smallest absolute Gasteiger partial charge is 0.322 e. The number of amides is 3. The average molecular weight is 380 g/mol. The molecule has 25 heavy (non-hydrogen) atoms. The highest BCUT2D eigenvalue weighted by Crippen LogP contribution is 2.25. The van der Waals surface area contributed by atoms with Crippen LogP contribution in [0.15, 0.2) is 29.6 Å². The SMILES string of the molecule is O=C1NC(=O)[C@@H](CCC(=O)OCc2csc(-c3ccc(Cl)cc3)n2)N1. The van der Waals surface area contributed by atoms with Crippen molar-refractivity contribution < 1.29 is 19.1 Å². The van der Waals surface area contributed by atoms with E-state index in [9.17, 15) is 14.4 Å². The number of aromatic nitrogens is 1. The van der Waals surface area contributed by atoms with Crippen molar-refractivity contribution in [3.8, 4) is 10.6 Å². The number of ether oxygens (including phenoxy) is 1. The largest absolute Gasteiger partial charge is 0.459 e. The van der Waals surface area contributed by atoms with Gasteiger partial charge in [-0.15, -0.1) is 11.3 Å². The monoisotopic (exact) mass is 379 g/mol. The molecule has 7 nitrogen and oxygen atoms in total. The molecule has 0 radical (unpaired) electrons. The minimum atomic E-state index is -0.684. The van der Waals surface area contributed by atoms with Crippen molar-refractivity contribution in [2.45, 2.75) is 25.5 Å². The molecule has 0 aliphatic carbocycles. The third-order valence-electron chi connectivity index (χ3n) is 3.52. The summed E-state index contributed by atoms with van der Waals surface area (Å²) in [6.07, 6.45) is 0.232. The zero-order chi connectivity index (χ0) is 17.8. The Bertz CT molecular complexity index is 806. The molecular weight excluding hydrogens is 366 g/mol. The van der Waals surface area contributed by atoms with Gasteiger partial charge < -0.3 is 10.1 Å². The summed E-state index contributed by atoms with van der Waals surface area (Å²) < 4.78 is 5.16. The second-order valence-electron chi connectivity index (χ2n) is 5.37. The molecule has 130 valence electrons. The van der Waals surface area contributed by atoms with E-state index in [1.807, 2.05) is 17.5 Å². The molecule has 1 aliphatic heterocycles. The second-order valence-corrected chi connectivity index (χ2v) is 6.66. The fourth-order valence-corrected chi connectivity index (χ4v) is 3.19. The molecule has 9 heteroatoms. The molecule has 1 atom stereocenters. The first-order chi connectivity index (χ1) is 12.0. The fourth-order valence-electron chi connectivity index (χ4n) is 2.25. The van der Waals surface area contributed by atoms with Crippen LogP contribution in [0.25, 0.3) is 10.6 Å². The molecule has 2 aromatic rings. The molecule has 0 saturated carbocycles. The number of esters is 1. The van der Waals surface area contributed by atoms with Crippen LogP contribution >= 0.6 is 22.9 Å². The summed E-state index contributed by atoms with van der Waals surface area (Å²) in [5.41, 5.74) is 1.59. The van der Waals surface area contributed by atoms with Gasteiger partial charge in [0.05, 0.1) is 5.69 Å². The fraction of sp³-hybridized carbons (Fsp3) is 0.250. The zero-order valence-electron chi connectivity index (χ0n) is 13.0. The number of carbonyl (C=O) groups is 3. The van der Waals surface area contributed by atoms with Gasteiger partial charge in [0.15, 0.2) is 0 Å². The topological polar surface area (TPSA) is 97.4 Å². The minimum Gasteiger partial charge on any atom is -0.459 e. The van der Waals surface area contributed by atoms with E-state index in [1.165, 1.54) is 11.3 Å². The Kier molecular flexibility index (Phi) is 5.30. The van der Waals surface area contributed by atoms with E-state index in [0.717, 1.165) is 10.6 Å². The predicted octanol–water partition coefficient (Wildman–Crippen LogP) is 2.49. The maximum Gasteiger partial charge on any atom is 0.322 e. The lowest BCUT2D eigenvalue weighted by Gasteiger charge is -2.06. The van der Waals surface area contributed by atoms with Crippen molar-refractivity contribution in [1.82, 2.24) is 15.6 Å². The van der Waals surface area contributed by atoms with Crippen LogP contribution in [-0.2, 0) is 20.9 Å². The molecule has 1 fully saturated rings. The summed E-state index contributed by atoms with van der Waals surface area (Å²) in [7, 11) is 0. The Balaban J connectivity index is 1.47. The van der Waals surface area contributed by atoms with Crippen LogP contribution in [0.5, 0.6) is 0 Å². The summed E-state index contributed by atoms with van der Waals surface area (Å²) in [5, 5.41) is 7.83. The van der Waals surface area contributed by atoms with Crippen molar-refractivity contribution in [2.24, 2.45) is 0 Å². The van der Waals surface area contributed by atoms with E-state index in [1.54, 1.807) is 12.1 Å². The van der Waals surface area contributed by atoms with Gasteiger partial charge in [0.2, 0.25) is 0 Å². The van der Waals surface area contributed by atoms with E-state index in [0.29, 0.717) is 10.7 Å². The van der Waals surface area contributed by atoms with Gasteiger partial charge in [-0.1, -0.05) is 23.7 Å². The summed E-state index contributed by atoms with van der Waals surface area (Å²) in [4.78, 5) is 38.5. The normalized spacial score (nSPS) is 16.4. The van der Waals surface area contributed by atoms with Crippen molar-refractivity contribution in [2.75, 3.05) is 0 Å². The maximum atomic E-state index is 11.8. The maximum absolute atomic E-state index is 11.8. The number of urea groups is 1. The Morgan fingerprint density at radius 2 is 2.04 bits per heavy atom. The Morgan fingerprint density at radius 3 is 2.72 bits per heavy atom. The molecule has 0 unspecified atom stereocenters. The van der Waals surface area contributed by atoms with Gasteiger partial charge in [-0.3, -0.25) is 14.9 Å². The highest BCUT2D eigenvalue weighted by Gasteiger charge is 2.29. The van der Waals surface area contributed by atoms with Gasteiger partial charge >= 0.3 is 12.0 Å². The van der Waals surface area contributed by atoms with Crippen molar-refractivity contribution in [3.05, 3.63) is 40.4 Å². The molecule has 1 aromatic carbocycles. The van der Waals surface area contributed by atoms with Crippen LogP contribution in [0.2, 0.25) is 5.02 Å². The quantitative estimate of drug-likeness (QED) is 0.593. The Morgan fingerprint density at radius 1 is 1.28 bits per heavy atom. The summed E-state index contributed by atoms with van der Waals surface area (Å²) in [5.74, 6) is -0.875. The molecular formula is C16H14ClN3O4S. The first-order valence-corrected chi connectivity index (χ1v) is 8.74. The van der Waals surface area contributed by atoms with Crippen molar-refractivity contribution in [3.63, 3.8) is 0 Å². The van der Waals surface area contributed by atoms with Gasteiger partial charge in [0.25, 0.3) is 5.91 Å². The van der Waals surface area contributed by atoms with E-state index < -0.39 is 23.9 Å². The molecule has 3 amide bonds. The zero-order valence-corrected chi connectivity index (χ0v) is 14.5.